The van der Waals surface area contributed by atoms with Gasteiger partial charge in [-0.1, -0.05) is 60.7 Å². The summed E-state index contributed by atoms with van der Waals surface area (Å²) in [5, 5.41) is 3.30. The molecule has 1 fully saturated rings. The summed E-state index contributed by atoms with van der Waals surface area (Å²) in [5.74, 6) is -1.63. The first kappa shape index (κ1) is 17.2. The van der Waals surface area contributed by atoms with E-state index in [4.69, 9.17) is 9.47 Å². The molecule has 130 valence electrons. The van der Waals surface area contributed by atoms with Crippen LogP contribution in [0.2, 0.25) is 0 Å². The monoisotopic (exact) mass is 339 g/mol. The third-order valence-corrected chi connectivity index (χ3v) is 4.74. The Morgan fingerprint density at radius 1 is 0.800 bits per heavy atom. The molecule has 0 unspecified atom stereocenters. The molecule has 3 rings (SSSR count). The lowest BCUT2D eigenvalue weighted by Crippen LogP contribution is -2.36. The first-order valence-corrected chi connectivity index (χ1v) is 8.19. The maximum absolute atomic E-state index is 12.6. The van der Waals surface area contributed by atoms with Crippen LogP contribution in [0, 0.1) is 5.92 Å². The summed E-state index contributed by atoms with van der Waals surface area (Å²) >= 11 is 0. The van der Waals surface area contributed by atoms with E-state index in [-0.39, 0.29) is 23.9 Å². The fourth-order valence-corrected chi connectivity index (χ4v) is 3.61. The highest BCUT2D eigenvalue weighted by atomic mass is 16.5. The highest BCUT2D eigenvalue weighted by Crippen LogP contribution is 2.44. The summed E-state index contributed by atoms with van der Waals surface area (Å²) in [6.07, 6.45) is 0. The second kappa shape index (κ2) is 7.49. The third-order valence-electron chi connectivity index (χ3n) is 4.74. The minimum atomic E-state index is -0.623. The van der Waals surface area contributed by atoms with E-state index in [1.807, 2.05) is 60.7 Å². The lowest BCUT2D eigenvalue weighted by molar-refractivity contribution is -0.146. The second-order valence-electron chi connectivity index (χ2n) is 6.04. The SMILES string of the molecule is COC(=O)[C@@H]1[C@@H](c2ccccc2)[C@H](C(=O)OC)N[C@@H]1c1ccccc1. The van der Waals surface area contributed by atoms with Crippen LogP contribution in [0.15, 0.2) is 60.7 Å². The maximum atomic E-state index is 12.6. The Morgan fingerprint density at radius 2 is 1.32 bits per heavy atom. The van der Waals surface area contributed by atoms with Crippen molar-refractivity contribution in [1.82, 2.24) is 5.32 Å². The fraction of sp³-hybridized carbons (Fsp3) is 0.300. The van der Waals surface area contributed by atoms with Crippen molar-refractivity contribution in [2.75, 3.05) is 14.2 Å². The number of rotatable bonds is 4. The number of hydrogen-bond acceptors (Lipinski definition) is 5. The van der Waals surface area contributed by atoms with Crippen molar-refractivity contribution in [3.63, 3.8) is 0 Å². The van der Waals surface area contributed by atoms with Gasteiger partial charge in [-0.2, -0.15) is 0 Å². The molecule has 0 aromatic heterocycles. The van der Waals surface area contributed by atoms with Crippen molar-refractivity contribution in [2.45, 2.75) is 18.0 Å². The molecule has 0 radical (unpaired) electrons. The van der Waals surface area contributed by atoms with Crippen LogP contribution in [-0.4, -0.2) is 32.2 Å². The lowest BCUT2D eigenvalue weighted by atomic mass is 9.80. The van der Waals surface area contributed by atoms with E-state index in [1.165, 1.54) is 14.2 Å². The van der Waals surface area contributed by atoms with E-state index in [1.54, 1.807) is 0 Å². The van der Waals surface area contributed by atoms with Crippen LogP contribution < -0.4 is 5.32 Å². The molecule has 25 heavy (non-hydrogen) atoms. The molecule has 5 nitrogen and oxygen atoms in total. The van der Waals surface area contributed by atoms with Crippen molar-refractivity contribution >= 4 is 11.9 Å². The largest absolute Gasteiger partial charge is 0.469 e. The highest BCUT2D eigenvalue weighted by molar-refractivity contribution is 5.83. The number of ether oxygens (including phenoxy) is 2. The van der Waals surface area contributed by atoms with E-state index in [2.05, 4.69) is 5.32 Å². The van der Waals surface area contributed by atoms with Crippen molar-refractivity contribution < 1.29 is 19.1 Å². The molecule has 2 aromatic rings. The van der Waals surface area contributed by atoms with Gasteiger partial charge in [0.15, 0.2) is 0 Å². The molecule has 0 spiro atoms. The van der Waals surface area contributed by atoms with Gasteiger partial charge in [0.1, 0.15) is 6.04 Å². The van der Waals surface area contributed by atoms with Crippen molar-refractivity contribution in [1.29, 1.82) is 0 Å². The quantitative estimate of drug-likeness (QED) is 0.867. The molecule has 1 saturated heterocycles. The van der Waals surface area contributed by atoms with Crippen LogP contribution in [0.4, 0.5) is 0 Å². The van der Waals surface area contributed by atoms with E-state index < -0.39 is 12.0 Å². The molecule has 0 saturated carbocycles. The van der Waals surface area contributed by atoms with Crippen LogP contribution in [0.25, 0.3) is 0 Å². The summed E-state index contributed by atoms with van der Waals surface area (Å²) in [4.78, 5) is 25.0. The number of carbonyl (C=O) groups excluding carboxylic acids is 2. The van der Waals surface area contributed by atoms with Crippen molar-refractivity contribution in [2.24, 2.45) is 5.92 Å². The molecule has 1 N–H and O–H groups in total. The molecule has 2 aromatic carbocycles. The zero-order valence-corrected chi connectivity index (χ0v) is 14.2. The average molecular weight is 339 g/mol. The Kier molecular flexibility index (Phi) is 5.14. The van der Waals surface area contributed by atoms with E-state index in [0.717, 1.165) is 11.1 Å². The van der Waals surface area contributed by atoms with Crippen LogP contribution in [0.1, 0.15) is 23.1 Å². The van der Waals surface area contributed by atoms with Gasteiger partial charge in [0, 0.05) is 12.0 Å². The van der Waals surface area contributed by atoms with Crippen LogP contribution in [0.5, 0.6) is 0 Å². The Bertz CT molecular complexity index is 732. The maximum Gasteiger partial charge on any atom is 0.323 e. The smallest absolute Gasteiger partial charge is 0.323 e. The molecule has 1 aliphatic heterocycles. The minimum absolute atomic E-state index is 0.331. The van der Waals surface area contributed by atoms with Gasteiger partial charge in [-0.3, -0.25) is 14.9 Å². The Labute approximate surface area is 147 Å². The predicted molar refractivity (Wildman–Crippen MR) is 92.8 cm³/mol. The van der Waals surface area contributed by atoms with Gasteiger partial charge in [0.2, 0.25) is 0 Å². The van der Waals surface area contributed by atoms with E-state index in [9.17, 15) is 9.59 Å². The molecule has 0 aliphatic carbocycles. The normalized spacial score (nSPS) is 25.4. The Balaban J connectivity index is 2.09. The summed E-state index contributed by atoms with van der Waals surface area (Å²) in [7, 11) is 2.73. The Hall–Kier alpha value is -2.66. The van der Waals surface area contributed by atoms with Gasteiger partial charge in [0.25, 0.3) is 0 Å². The summed E-state index contributed by atoms with van der Waals surface area (Å²) < 4.78 is 10.0. The summed E-state index contributed by atoms with van der Waals surface area (Å²) in [6.45, 7) is 0. The summed E-state index contributed by atoms with van der Waals surface area (Å²) in [5.41, 5.74) is 1.84. The topological polar surface area (TPSA) is 64.6 Å². The van der Waals surface area contributed by atoms with Gasteiger partial charge in [-0.15, -0.1) is 0 Å². The van der Waals surface area contributed by atoms with Gasteiger partial charge in [-0.05, 0) is 11.1 Å². The number of nitrogens with one attached hydrogen (secondary N) is 1. The van der Waals surface area contributed by atoms with Crippen molar-refractivity contribution in [3.8, 4) is 0 Å². The molecule has 0 amide bonds. The second-order valence-corrected chi connectivity index (χ2v) is 6.04. The highest BCUT2D eigenvalue weighted by Gasteiger charge is 2.51. The van der Waals surface area contributed by atoms with E-state index in [0.29, 0.717) is 0 Å². The molecule has 0 bridgehead atoms. The fourth-order valence-electron chi connectivity index (χ4n) is 3.61. The van der Waals surface area contributed by atoms with Gasteiger partial charge in [-0.25, -0.2) is 0 Å². The number of methoxy groups -OCH3 is 2. The van der Waals surface area contributed by atoms with Gasteiger partial charge in [0.05, 0.1) is 20.1 Å². The van der Waals surface area contributed by atoms with E-state index >= 15 is 0 Å². The first-order valence-electron chi connectivity index (χ1n) is 8.19. The predicted octanol–water partition coefficient (Wildman–Crippen LogP) is 2.45. The molecule has 1 heterocycles. The van der Waals surface area contributed by atoms with Gasteiger partial charge < -0.3 is 9.47 Å². The lowest BCUT2D eigenvalue weighted by Gasteiger charge is -2.23. The van der Waals surface area contributed by atoms with Crippen molar-refractivity contribution in [3.05, 3.63) is 71.8 Å². The molecule has 4 atom stereocenters. The third kappa shape index (κ3) is 3.28. The molecule has 1 aliphatic rings. The first-order chi connectivity index (χ1) is 12.2. The Morgan fingerprint density at radius 3 is 1.84 bits per heavy atom. The zero-order chi connectivity index (χ0) is 17.8. The minimum Gasteiger partial charge on any atom is -0.469 e. The van der Waals surface area contributed by atoms with Crippen LogP contribution >= 0.6 is 0 Å². The molecule has 5 heteroatoms. The number of hydrogen-bond donors (Lipinski definition) is 1. The molecular formula is C20H21NO4. The standard InChI is InChI=1S/C20H21NO4/c1-24-19(22)16-15(13-9-5-3-6-10-13)18(20(23)25-2)21-17(16)14-11-7-4-8-12-14/h3-12,15-18,21H,1-2H3/t15-,16-,17-,18-/m1/s1. The van der Waals surface area contributed by atoms with Gasteiger partial charge >= 0.3 is 11.9 Å². The molecular weight excluding hydrogens is 318 g/mol. The van der Waals surface area contributed by atoms with Crippen LogP contribution in [-0.2, 0) is 19.1 Å². The number of benzene rings is 2. The zero-order valence-electron chi connectivity index (χ0n) is 14.2. The number of esters is 2. The van der Waals surface area contributed by atoms with Crippen LogP contribution in [0.3, 0.4) is 0 Å². The average Bonchev–Trinajstić information content (AvgIpc) is 3.08. The number of carbonyl (C=O) groups is 2. The summed E-state index contributed by atoms with van der Waals surface area (Å²) in [6, 6.07) is 18.2.